The maximum Gasteiger partial charge on any atom is 0.252 e. The molecule has 27 heavy (non-hydrogen) atoms. The van der Waals surface area contributed by atoms with Crippen LogP contribution in [-0.4, -0.2) is 57.4 Å². The molecule has 148 valence electrons. The maximum atomic E-state index is 12.5. The summed E-state index contributed by atoms with van der Waals surface area (Å²) in [5.41, 5.74) is 6.45. The molecule has 2 amide bonds. The molecule has 0 saturated heterocycles. The zero-order chi connectivity index (χ0) is 20.2. The van der Waals surface area contributed by atoms with Crippen molar-refractivity contribution in [2.24, 2.45) is 16.0 Å². The molecule has 2 atom stereocenters. The first-order valence-corrected chi connectivity index (χ1v) is 10.6. The highest BCUT2D eigenvalue weighted by atomic mass is 32.2. The van der Waals surface area contributed by atoms with E-state index in [1.54, 1.807) is 43.3 Å². The summed E-state index contributed by atoms with van der Waals surface area (Å²) >= 11 is 0. The third-order valence-corrected chi connectivity index (χ3v) is 5.03. The maximum absolute atomic E-state index is 12.5. The summed E-state index contributed by atoms with van der Waals surface area (Å²) in [6.45, 7) is 0. The van der Waals surface area contributed by atoms with Crippen molar-refractivity contribution in [2.45, 2.75) is 31.7 Å². The molecule has 1 aliphatic carbocycles. The molecular formula is C18H26N4O4S. The van der Waals surface area contributed by atoms with E-state index >= 15 is 0 Å². The van der Waals surface area contributed by atoms with E-state index in [4.69, 9.17) is 5.73 Å². The minimum Gasteiger partial charge on any atom is -0.369 e. The van der Waals surface area contributed by atoms with Crippen molar-refractivity contribution in [2.75, 3.05) is 20.4 Å². The number of sulfonamides is 1. The molecular weight excluding hydrogens is 368 g/mol. The van der Waals surface area contributed by atoms with E-state index in [0.717, 1.165) is 25.5 Å². The van der Waals surface area contributed by atoms with Crippen molar-refractivity contribution >= 4 is 27.7 Å². The Kier molecular flexibility index (Phi) is 6.59. The number of amidine groups is 1. The van der Waals surface area contributed by atoms with Crippen LogP contribution in [0.4, 0.5) is 0 Å². The molecule has 9 heteroatoms. The Morgan fingerprint density at radius 1 is 1.11 bits per heavy atom. The van der Waals surface area contributed by atoms with Gasteiger partial charge >= 0.3 is 0 Å². The second-order valence-corrected chi connectivity index (χ2v) is 8.64. The van der Waals surface area contributed by atoms with Gasteiger partial charge in [-0.1, -0.05) is 25.0 Å². The Balaban J connectivity index is 2.17. The Morgan fingerprint density at radius 3 is 2.19 bits per heavy atom. The van der Waals surface area contributed by atoms with Gasteiger partial charge in [-0.2, -0.15) is 0 Å². The van der Waals surface area contributed by atoms with Gasteiger partial charge in [0.2, 0.25) is 5.91 Å². The fourth-order valence-corrected chi connectivity index (χ4v) is 3.80. The number of hydrogen-bond donors (Lipinski definition) is 2. The summed E-state index contributed by atoms with van der Waals surface area (Å²) in [5, 5.41) is 2.90. The predicted molar refractivity (Wildman–Crippen MR) is 104 cm³/mol. The van der Waals surface area contributed by atoms with Gasteiger partial charge in [0.05, 0.1) is 12.2 Å². The molecule has 1 saturated carbocycles. The molecule has 1 fully saturated rings. The van der Waals surface area contributed by atoms with Gasteiger partial charge in [-0.05, 0) is 25.0 Å². The number of carbonyl (C=O) groups is 2. The standard InChI is InChI=1S/C18H26N4O4S/c1-22(2)17(21-27(3,25)26)12-8-10-13(11-9-12)18(24)20-15-7-5-4-6-14(15)16(19)23/h8-11,14-15H,4-7H2,1-3H3,(H2,19,23)(H,20,24). The lowest BCUT2D eigenvalue weighted by molar-refractivity contribution is -0.123. The first-order chi connectivity index (χ1) is 12.6. The van der Waals surface area contributed by atoms with E-state index in [0.29, 0.717) is 17.5 Å². The van der Waals surface area contributed by atoms with Gasteiger partial charge in [0.1, 0.15) is 5.84 Å². The number of nitrogens with zero attached hydrogens (tertiary/aromatic N) is 2. The topological polar surface area (TPSA) is 122 Å². The summed E-state index contributed by atoms with van der Waals surface area (Å²) in [6.07, 6.45) is 4.32. The highest BCUT2D eigenvalue weighted by Gasteiger charge is 2.30. The second-order valence-electron chi connectivity index (χ2n) is 6.99. The first kappa shape index (κ1) is 20.9. The van der Waals surface area contributed by atoms with Gasteiger partial charge in [-0.3, -0.25) is 9.59 Å². The van der Waals surface area contributed by atoms with Gasteiger partial charge in [0.15, 0.2) is 0 Å². The Labute approximate surface area is 159 Å². The first-order valence-electron chi connectivity index (χ1n) is 8.76. The van der Waals surface area contributed by atoms with E-state index in [2.05, 4.69) is 9.71 Å². The van der Waals surface area contributed by atoms with Crippen LogP contribution >= 0.6 is 0 Å². The van der Waals surface area contributed by atoms with E-state index in [9.17, 15) is 18.0 Å². The lowest BCUT2D eigenvalue weighted by Crippen LogP contribution is -2.47. The largest absolute Gasteiger partial charge is 0.369 e. The summed E-state index contributed by atoms with van der Waals surface area (Å²) in [7, 11) is -0.169. The quantitative estimate of drug-likeness (QED) is 0.563. The Morgan fingerprint density at radius 2 is 1.67 bits per heavy atom. The molecule has 0 radical (unpaired) electrons. The van der Waals surface area contributed by atoms with Gasteiger partial charge in [-0.25, -0.2) is 8.42 Å². The van der Waals surface area contributed by atoms with Crippen molar-refractivity contribution in [1.29, 1.82) is 0 Å². The fourth-order valence-electron chi connectivity index (χ4n) is 3.22. The molecule has 2 unspecified atom stereocenters. The predicted octanol–water partition coefficient (Wildman–Crippen LogP) is 0.728. The number of nitrogens with one attached hydrogen (secondary N) is 1. The summed E-state index contributed by atoms with van der Waals surface area (Å²) in [4.78, 5) is 25.7. The Bertz CT molecular complexity index is 831. The molecule has 0 aromatic heterocycles. The van der Waals surface area contributed by atoms with E-state index < -0.39 is 10.0 Å². The number of nitrogens with two attached hydrogens (primary N) is 1. The molecule has 2 rings (SSSR count). The third-order valence-electron chi connectivity index (χ3n) is 4.53. The number of primary amides is 1. The van der Waals surface area contributed by atoms with Crippen molar-refractivity contribution in [3.8, 4) is 0 Å². The molecule has 0 aliphatic heterocycles. The average molecular weight is 394 g/mol. The van der Waals surface area contributed by atoms with Crippen LogP contribution in [0.15, 0.2) is 28.7 Å². The molecule has 0 spiro atoms. The van der Waals surface area contributed by atoms with Gasteiger partial charge in [0, 0.05) is 31.3 Å². The van der Waals surface area contributed by atoms with E-state index in [-0.39, 0.29) is 29.6 Å². The van der Waals surface area contributed by atoms with Crippen LogP contribution < -0.4 is 11.1 Å². The molecule has 0 bridgehead atoms. The van der Waals surface area contributed by atoms with E-state index in [1.165, 1.54) is 0 Å². The van der Waals surface area contributed by atoms with Crippen LogP contribution in [-0.2, 0) is 14.8 Å². The number of rotatable bonds is 5. The second kappa shape index (κ2) is 8.51. The lowest BCUT2D eigenvalue weighted by Gasteiger charge is -2.30. The third kappa shape index (κ3) is 5.78. The average Bonchev–Trinajstić information content (AvgIpc) is 2.59. The van der Waals surface area contributed by atoms with Crippen molar-refractivity contribution in [1.82, 2.24) is 10.2 Å². The van der Waals surface area contributed by atoms with Crippen LogP contribution in [0, 0.1) is 5.92 Å². The molecule has 8 nitrogen and oxygen atoms in total. The lowest BCUT2D eigenvalue weighted by atomic mass is 9.84. The molecule has 0 heterocycles. The SMILES string of the molecule is CN(C)C(=NS(C)(=O)=O)c1ccc(C(=O)NC2CCCCC2C(N)=O)cc1. The van der Waals surface area contributed by atoms with Crippen LogP contribution in [0.2, 0.25) is 0 Å². The molecule has 1 aromatic rings. The summed E-state index contributed by atoms with van der Waals surface area (Å²) in [6, 6.07) is 6.24. The minimum absolute atomic E-state index is 0.257. The minimum atomic E-state index is -3.55. The number of benzene rings is 1. The summed E-state index contributed by atoms with van der Waals surface area (Å²) < 4.78 is 26.7. The normalized spacial score (nSPS) is 20.8. The number of amides is 2. The van der Waals surface area contributed by atoms with E-state index in [1.807, 2.05) is 0 Å². The van der Waals surface area contributed by atoms with Crippen LogP contribution in [0.3, 0.4) is 0 Å². The Hall–Kier alpha value is -2.42. The molecule has 1 aromatic carbocycles. The molecule has 3 N–H and O–H groups in total. The van der Waals surface area contributed by atoms with Crippen LogP contribution in [0.25, 0.3) is 0 Å². The van der Waals surface area contributed by atoms with Crippen LogP contribution in [0.5, 0.6) is 0 Å². The van der Waals surface area contributed by atoms with Gasteiger partial charge in [-0.15, -0.1) is 4.40 Å². The van der Waals surface area contributed by atoms with Gasteiger partial charge in [0.25, 0.3) is 15.9 Å². The van der Waals surface area contributed by atoms with Crippen LogP contribution in [0.1, 0.15) is 41.6 Å². The highest BCUT2D eigenvalue weighted by molar-refractivity contribution is 7.89. The molecule has 1 aliphatic rings. The zero-order valence-corrected chi connectivity index (χ0v) is 16.6. The monoisotopic (exact) mass is 394 g/mol. The number of hydrogen-bond acceptors (Lipinski definition) is 4. The highest BCUT2D eigenvalue weighted by Crippen LogP contribution is 2.24. The fraction of sp³-hybridized carbons (Fsp3) is 0.500. The van der Waals surface area contributed by atoms with Crippen molar-refractivity contribution in [3.63, 3.8) is 0 Å². The van der Waals surface area contributed by atoms with Crippen molar-refractivity contribution in [3.05, 3.63) is 35.4 Å². The van der Waals surface area contributed by atoms with Gasteiger partial charge < -0.3 is 16.0 Å². The zero-order valence-electron chi connectivity index (χ0n) is 15.8. The number of carbonyl (C=O) groups excluding carboxylic acids is 2. The van der Waals surface area contributed by atoms with Crippen molar-refractivity contribution < 1.29 is 18.0 Å². The summed E-state index contributed by atoms with van der Waals surface area (Å²) in [5.74, 6) is -0.733. The smallest absolute Gasteiger partial charge is 0.252 e.